The van der Waals surface area contributed by atoms with Crippen molar-refractivity contribution in [2.24, 2.45) is 0 Å². The van der Waals surface area contributed by atoms with Gasteiger partial charge in [0.05, 0.1) is 7.11 Å². The van der Waals surface area contributed by atoms with Gasteiger partial charge in [-0.25, -0.2) is 4.39 Å². The van der Waals surface area contributed by atoms with Gasteiger partial charge in [-0.1, -0.05) is 27.5 Å². The van der Waals surface area contributed by atoms with Crippen LogP contribution >= 0.6 is 27.5 Å². The van der Waals surface area contributed by atoms with E-state index < -0.39 is 0 Å². The quantitative estimate of drug-likeness (QED) is 0.817. The third-order valence-corrected chi connectivity index (χ3v) is 4.45. The van der Waals surface area contributed by atoms with E-state index >= 15 is 0 Å². The number of benzene rings is 2. The molecule has 0 aliphatic carbocycles. The number of hydrogen-bond acceptors (Lipinski definition) is 2. The van der Waals surface area contributed by atoms with E-state index in [-0.39, 0.29) is 11.9 Å². The van der Waals surface area contributed by atoms with Crippen molar-refractivity contribution < 1.29 is 9.13 Å². The molecule has 0 radical (unpaired) electrons. The minimum absolute atomic E-state index is 0.00576. The Bertz CT molecular complexity index is 636. The Morgan fingerprint density at radius 1 is 1.29 bits per heavy atom. The van der Waals surface area contributed by atoms with E-state index in [4.69, 9.17) is 16.3 Å². The lowest BCUT2D eigenvalue weighted by molar-refractivity contribution is 0.413. The van der Waals surface area contributed by atoms with Crippen LogP contribution in [0.25, 0.3) is 0 Å². The van der Waals surface area contributed by atoms with Crippen molar-refractivity contribution in [2.75, 3.05) is 14.2 Å². The number of ether oxygens (including phenoxy) is 1. The summed E-state index contributed by atoms with van der Waals surface area (Å²) < 4.78 is 19.6. The molecule has 2 aromatic carbocycles. The number of hydrogen-bond donors (Lipinski definition) is 1. The van der Waals surface area contributed by atoms with E-state index in [0.717, 1.165) is 21.3 Å². The zero-order valence-corrected chi connectivity index (χ0v) is 14.1. The lowest BCUT2D eigenvalue weighted by atomic mass is 9.98. The van der Waals surface area contributed by atoms with Crippen LogP contribution in [-0.2, 0) is 6.42 Å². The lowest BCUT2D eigenvalue weighted by Crippen LogP contribution is -2.19. The minimum atomic E-state index is -0.283. The summed E-state index contributed by atoms with van der Waals surface area (Å²) >= 11 is 9.70. The fourth-order valence-corrected chi connectivity index (χ4v) is 2.92. The number of likely N-dealkylation sites (N-methyl/N-ethyl adjacent to an activating group) is 1. The zero-order valence-electron chi connectivity index (χ0n) is 11.8. The van der Waals surface area contributed by atoms with Gasteiger partial charge in [-0.3, -0.25) is 0 Å². The molecular weight excluding hydrogens is 357 g/mol. The molecule has 0 spiro atoms. The molecule has 1 atom stereocenters. The van der Waals surface area contributed by atoms with Gasteiger partial charge in [0.15, 0.2) is 0 Å². The maximum absolute atomic E-state index is 13.4. The van der Waals surface area contributed by atoms with Crippen molar-refractivity contribution in [2.45, 2.75) is 12.5 Å². The lowest BCUT2D eigenvalue weighted by Gasteiger charge is -2.20. The molecule has 1 unspecified atom stereocenters. The molecule has 5 heteroatoms. The predicted octanol–water partition coefficient (Wildman–Crippen LogP) is 4.75. The molecule has 2 aromatic rings. The molecule has 0 aromatic heterocycles. The van der Waals surface area contributed by atoms with Gasteiger partial charge in [0.2, 0.25) is 0 Å². The Labute approximate surface area is 137 Å². The topological polar surface area (TPSA) is 21.3 Å². The summed E-state index contributed by atoms with van der Waals surface area (Å²) in [5.74, 6) is 0.493. The first-order valence-corrected chi connectivity index (χ1v) is 7.67. The predicted molar refractivity (Wildman–Crippen MR) is 87.6 cm³/mol. The van der Waals surface area contributed by atoms with Crippen LogP contribution in [0.3, 0.4) is 0 Å². The first-order chi connectivity index (χ1) is 10.0. The molecule has 0 aliphatic rings. The van der Waals surface area contributed by atoms with Crippen LogP contribution < -0.4 is 10.1 Å². The minimum Gasteiger partial charge on any atom is -0.497 e. The molecular formula is C16H16BrClFNO. The molecule has 112 valence electrons. The summed E-state index contributed by atoms with van der Waals surface area (Å²) in [6.45, 7) is 0. The van der Waals surface area contributed by atoms with Crippen LogP contribution in [0.5, 0.6) is 5.75 Å². The van der Waals surface area contributed by atoms with Crippen molar-refractivity contribution in [3.05, 3.63) is 62.8 Å². The van der Waals surface area contributed by atoms with Gasteiger partial charge in [0, 0.05) is 15.5 Å². The molecule has 0 fully saturated rings. The van der Waals surface area contributed by atoms with Crippen molar-refractivity contribution in [3.63, 3.8) is 0 Å². The fraction of sp³-hybridized carbons (Fsp3) is 0.250. The molecule has 0 saturated heterocycles. The Hall–Kier alpha value is -1.10. The SMILES string of the molecule is CNC(Cc1cc(F)ccc1Cl)c1cc(OC)ccc1Br. The maximum atomic E-state index is 13.4. The van der Waals surface area contributed by atoms with Crippen LogP contribution in [0.2, 0.25) is 5.02 Å². The highest BCUT2D eigenvalue weighted by molar-refractivity contribution is 9.10. The first-order valence-electron chi connectivity index (χ1n) is 6.49. The fourth-order valence-electron chi connectivity index (χ4n) is 2.20. The van der Waals surface area contributed by atoms with Gasteiger partial charge in [0.1, 0.15) is 11.6 Å². The molecule has 21 heavy (non-hydrogen) atoms. The van der Waals surface area contributed by atoms with Gasteiger partial charge in [-0.15, -0.1) is 0 Å². The smallest absolute Gasteiger partial charge is 0.123 e. The normalized spacial score (nSPS) is 12.2. The maximum Gasteiger partial charge on any atom is 0.123 e. The highest BCUT2D eigenvalue weighted by Crippen LogP contribution is 2.31. The second-order valence-electron chi connectivity index (χ2n) is 4.67. The second kappa shape index (κ2) is 7.25. The largest absolute Gasteiger partial charge is 0.497 e. The molecule has 2 rings (SSSR count). The van der Waals surface area contributed by atoms with Crippen LogP contribution in [-0.4, -0.2) is 14.2 Å². The summed E-state index contributed by atoms with van der Waals surface area (Å²) in [5.41, 5.74) is 1.81. The Kier molecular flexibility index (Phi) is 5.62. The van der Waals surface area contributed by atoms with E-state index in [1.54, 1.807) is 13.2 Å². The second-order valence-corrected chi connectivity index (χ2v) is 5.93. The molecule has 1 N–H and O–H groups in total. The van der Waals surface area contributed by atoms with Crippen LogP contribution in [0, 0.1) is 5.82 Å². The van der Waals surface area contributed by atoms with E-state index in [9.17, 15) is 4.39 Å². The molecule has 0 amide bonds. The summed E-state index contributed by atoms with van der Waals surface area (Å²) in [7, 11) is 3.49. The monoisotopic (exact) mass is 371 g/mol. The average Bonchev–Trinajstić information content (AvgIpc) is 2.49. The average molecular weight is 373 g/mol. The van der Waals surface area contributed by atoms with Crippen molar-refractivity contribution >= 4 is 27.5 Å². The third-order valence-electron chi connectivity index (χ3n) is 3.36. The van der Waals surface area contributed by atoms with Crippen molar-refractivity contribution in [3.8, 4) is 5.75 Å². The van der Waals surface area contributed by atoms with E-state index in [0.29, 0.717) is 11.4 Å². The van der Waals surface area contributed by atoms with Crippen LogP contribution in [0.4, 0.5) is 4.39 Å². The number of nitrogens with one attached hydrogen (secondary N) is 1. The van der Waals surface area contributed by atoms with E-state index in [2.05, 4.69) is 21.2 Å². The highest BCUT2D eigenvalue weighted by Gasteiger charge is 2.16. The molecule has 0 saturated carbocycles. The molecule has 2 nitrogen and oxygen atoms in total. The Morgan fingerprint density at radius 2 is 2.05 bits per heavy atom. The standard InChI is InChI=1S/C16H16BrClFNO/c1-20-16(8-10-7-11(19)3-6-15(10)18)13-9-12(21-2)4-5-14(13)17/h3-7,9,16,20H,8H2,1-2H3. The first kappa shape index (κ1) is 16.3. The van der Waals surface area contributed by atoms with Crippen LogP contribution in [0.1, 0.15) is 17.2 Å². The van der Waals surface area contributed by atoms with Gasteiger partial charge < -0.3 is 10.1 Å². The summed E-state index contributed by atoms with van der Waals surface area (Å²) in [4.78, 5) is 0. The third kappa shape index (κ3) is 3.96. The molecule has 0 aliphatic heterocycles. The van der Waals surface area contributed by atoms with E-state index in [1.165, 1.54) is 12.1 Å². The number of rotatable bonds is 5. The van der Waals surface area contributed by atoms with Crippen molar-refractivity contribution in [1.29, 1.82) is 0 Å². The van der Waals surface area contributed by atoms with Crippen molar-refractivity contribution in [1.82, 2.24) is 5.32 Å². The Morgan fingerprint density at radius 3 is 2.71 bits per heavy atom. The van der Waals surface area contributed by atoms with Gasteiger partial charge >= 0.3 is 0 Å². The summed E-state index contributed by atoms with van der Waals surface area (Å²) in [6, 6.07) is 10.2. The van der Waals surface area contributed by atoms with Crippen LogP contribution in [0.15, 0.2) is 40.9 Å². The van der Waals surface area contributed by atoms with Gasteiger partial charge in [-0.2, -0.15) is 0 Å². The zero-order chi connectivity index (χ0) is 15.4. The molecule has 0 heterocycles. The number of halogens is 3. The summed E-state index contributed by atoms with van der Waals surface area (Å²) in [6.07, 6.45) is 0.582. The molecule has 0 bridgehead atoms. The summed E-state index contributed by atoms with van der Waals surface area (Å²) in [5, 5.41) is 3.80. The Balaban J connectivity index is 2.34. The van der Waals surface area contributed by atoms with Gasteiger partial charge in [0.25, 0.3) is 0 Å². The van der Waals surface area contributed by atoms with Gasteiger partial charge in [-0.05, 0) is 61.0 Å². The number of methoxy groups -OCH3 is 1. The highest BCUT2D eigenvalue weighted by atomic mass is 79.9. The van der Waals surface area contributed by atoms with E-state index in [1.807, 2.05) is 25.2 Å².